The number of ether oxygens (including phenoxy) is 1. The van der Waals surface area contributed by atoms with Crippen molar-refractivity contribution in [1.29, 1.82) is 0 Å². The summed E-state index contributed by atoms with van der Waals surface area (Å²) in [4.78, 5) is 12.2. The third kappa shape index (κ3) is 1.74. The Balaban J connectivity index is 2.13. The van der Waals surface area contributed by atoms with Crippen LogP contribution in [0.15, 0.2) is 12.7 Å². The Morgan fingerprint density at radius 3 is 2.85 bits per heavy atom. The Morgan fingerprint density at radius 1 is 1.45 bits per heavy atom. The van der Waals surface area contributed by atoms with E-state index in [1.807, 2.05) is 13.8 Å². The van der Waals surface area contributed by atoms with Gasteiger partial charge in [0, 0.05) is 5.92 Å². The number of rotatable bonds is 2. The fourth-order valence-electron chi connectivity index (χ4n) is 2.93. The van der Waals surface area contributed by atoms with Crippen molar-refractivity contribution in [3.05, 3.63) is 17.8 Å². The van der Waals surface area contributed by atoms with Gasteiger partial charge in [0.2, 0.25) is 0 Å². The Morgan fingerprint density at radius 2 is 2.20 bits per heavy atom. The number of hydrogen-bond acceptors (Lipinski definition) is 4. The number of imidazole rings is 1. The van der Waals surface area contributed by atoms with Gasteiger partial charge in [-0.15, -0.1) is 0 Å². The molecule has 1 saturated heterocycles. The summed E-state index contributed by atoms with van der Waals surface area (Å²) in [5, 5.41) is 0.255. The molecule has 0 aliphatic carbocycles. The molecule has 20 heavy (non-hydrogen) atoms. The topological polar surface area (TPSA) is 52.8 Å². The van der Waals surface area contributed by atoms with Crippen LogP contribution in [0.1, 0.15) is 27.2 Å². The molecule has 1 aliphatic rings. The minimum absolute atomic E-state index is 0.121. The summed E-state index contributed by atoms with van der Waals surface area (Å²) in [6.07, 6.45) is 2.36. The van der Waals surface area contributed by atoms with Gasteiger partial charge >= 0.3 is 0 Å². The van der Waals surface area contributed by atoms with Crippen LogP contribution in [0.25, 0.3) is 11.2 Å². The molecule has 2 aromatic heterocycles. The van der Waals surface area contributed by atoms with E-state index in [2.05, 4.69) is 15.0 Å². The van der Waals surface area contributed by atoms with Crippen molar-refractivity contribution in [3.63, 3.8) is 0 Å². The average Bonchev–Trinajstić information content (AvgIpc) is 2.96. The molecule has 0 N–H and O–H groups in total. The minimum atomic E-state index is -1.14. The summed E-state index contributed by atoms with van der Waals surface area (Å²) in [6, 6.07) is 0. The van der Waals surface area contributed by atoms with Crippen molar-refractivity contribution in [2.45, 2.75) is 45.2 Å². The largest absolute Gasteiger partial charge is 0.349 e. The fraction of sp³-hybridized carbons (Fsp3) is 0.615. The molecule has 1 aliphatic heterocycles. The number of halogens is 2. The van der Waals surface area contributed by atoms with Gasteiger partial charge in [0.05, 0.1) is 12.4 Å². The summed E-state index contributed by atoms with van der Waals surface area (Å²) >= 11 is 5.98. The molecule has 2 aromatic rings. The Bertz CT molecular complexity index is 648. The standard InChI is InChI=1S/C13H16ClFN4O/c1-4-8-7(2)10(15)13(3,20-8)19-6-18-9-11(14)16-5-17-12(9)19/h5-8,10H,4H2,1-3H3/t7?,8-,10+,13-/m1/s1. The van der Waals surface area contributed by atoms with Crippen LogP contribution in [-0.4, -0.2) is 31.8 Å². The molecule has 3 rings (SSSR count). The fourth-order valence-corrected chi connectivity index (χ4v) is 3.11. The maximum Gasteiger partial charge on any atom is 0.176 e. The van der Waals surface area contributed by atoms with Gasteiger partial charge in [-0.25, -0.2) is 19.3 Å². The first-order valence-corrected chi connectivity index (χ1v) is 7.02. The molecule has 3 heterocycles. The summed E-state index contributed by atoms with van der Waals surface area (Å²) in [6.45, 7) is 5.58. The van der Waals surface area contributed by atoms with Crippen LogP contribution in [0, 0.1) is 5.92 Å². The molecule has 1 unspecified atom stereocenters. The minimum Gasteiger partial charge on any atom is -0.349 e. The lowest BCUT2D eigenvalue weighted by Crippen LogP contribution is -2.38. The van der Waals surface area contributed by atoms with Crippen LogP contribution in [-0.2, 0) is 10.5 Å². The lowest BCUT2D eigenvalue weighted by molar-refractivity contribution is -0.108. The number of aromatic nitrogens is 4. The molecule has 4 atom stereocenters. The number of hydrogen-bond donors (Lipinski definition) is 0. The second-order valence-electron chi connectivity index (χ2n) is 5.33. The van der Waals surface area contributed by atoms with Gasteiger partial charge in [-0.3, -0.25) is 4.57 Å². The van der Waals surface area contributed by atoms with E-state index < -0.39 is 11.9 Å². The third-order valence-electron chi connectivity index (χ3n) is 4.12. The van der Waals surface area contributed by atoms with Gasteiger partial charge in [-0.05, 0) is 13.3 Å². The van der Waals surface area contributed by atoms with Crippen LogP contribution in [0.2, 0.25) is 5.15 Å². The third-order valence-corrected chi connectivity index (χ3v) is 4.40. The monoisotopic (exact) mass is 298 g/mol. The SMILES string of the molecule is CC[C@H]1O[C@@](C)(n2cnc3c(Cl)ncnc32)[C@@H](F)C1C. The molecule has 0 spiro atoms. The smallest absolute Gasteiger partial charge is 0.176 e. The van der Waals surface area contributed by atoms with Crippen molar-refractivity contribution in [2.75, 3.05) is 0 Å². The van der Waals surface area contributed by atoms with Gasteiger partial charge in [0.25, 0.3) is 0 Å². The van der Waals surface area contributed by atoms with Crippen molar-refractivity contribution >= 4 is 22.8 Å². The van der Waals surface area contributed by atoms with Gasteiger partial charge in [-0.1, -0.05) is 25.4 Å². The van der Waals surface area contributed by atoms with Crippen LogP contribution in [0.3, 0.4) is 0 Å². The first-order valence-electron chi connectivity index (χ1n) is 6.65. The maximum absolute atomic E-state index is 14.7. The predicted molar refractivity (Wildman–Crippen MR) is 73.2 cm³/mol. The molecule has 7 heteroatoms. The normalized spacial score (nSPS) is 34.0. The molecule has 1 fully saturated rings. The maximum atomic E-state index is 14.7. The van der Waals surface area contributed by atoms with Gasteiger partial charge in [-0.2, -0.15) is 0 Å². The highest BCUT2D eigenvalue weighted by Crippen LogP contribution is 2.43. The highest BCUT2D eigenvalue weighted by molar-refractivity contribution is 6.33. The van der Waals surface area contributed by atoms with E-state index >= 15 is 0 Å². The number of fused-ring (bicyclic) bond motifs is 1. The molecule has 0 radical (unpaired) electrons. The first kappa shape index (κ1) is 13.7. The molecule has 108 valence electrons. The second-order valence-corrected chi connectivity index (χ2v) is 5.69. The first-order chi connectivity index (χ1) is 9.49. The van der Waals surface area contributed by atoms with Crippen molar-refractivity contribution in [1.82, 2.24) is 19.5 Å². The van der Waals surface area contributed by atoms with Crippen molar-refractivity contribution in [2.24, 2.45) is 5.92 Å². The molecule has 0 bridgehead atoms. The van der Waals surface area contributed by atoms with E-state index in [4.69, 9.17) is 16.3 Å². The lowest BCUT2D eigenvalue weighted by atomic mass is 9.96. The van der Waals surface area contributed by atoms with Gasteiger partial charge in [0.1, 0.15) is 11.8 Å². The summed E-state index contributed by atoms with van der Waals surface area (Å²) in [5.74, 6) is -0.181. The van der Waals surface area contributed by atoms with E-state index in [0.29, 0.717) is 11.2 Å². The zero-order chi connectivity index (χ0) is 14.5. The number of nitrogens with zero attached hydrogens (tertiary/aromatic N) is 4. The van der Waals surface area contributed by atoms with E-state index in [9.17, 15) is 4.39 Å². The summed E-state index contributed by atoms with van der Waals surface area (Å²) in [7, 11) is 0. The van der Waals surface area contributed by atoms with Crippen molar-refractivity contribution in [3.8, 4) is 0 Å². The van der Waals surface area contributed by atoms with Crippen LogP contribution < -0.4 is 0 Å². The van der Waals surface area contributed by atoms with E-state index in [-0.39, 0.29) is 17.2 Å². The molecule has 5 nitrogen and oxygen atoms in total. The van der Waals surface area contributed by atoms with Crippen LogP contribution in [0.5, 0.6) is 0 Å². The van der Waals surface area contributed by atoms with E-state index in [0.717, 1.165) is 6.42 Å². The van der Waals surface area contributed by atoms with Crippen LogP contribution in [0.4, 0.5) is 4.39 Å². The van der Waals surface area contributed by atoms with Crippen molar-refractivity contribution < 1.29 is 9.13 Å². The molecule has 0 aromatic carbocycles. The Hall–Kier alpha value is -1.27. The molecule has 0 amide bonds. The highest BCUT2D eigenvalue weighted by atomic mass is 35.5. The lowest BCUT2D eigenvalue weighted by Gasteiger charge is -2.28. The quantitative estimate of drug-likeness (QED) is 0.800. The summed E-state index contributed by atoms with van der Waals surface area (Å²) < 4.78 is 22.3. The van der Waals surface area contributed by atoms with Gasteiger partial charge in [0.15, 0.2) is 22.7 Å². The van der Waals surface area contributed by atoms with Gasteiger partial charge < -0.3 is 4.74 Å². The van der Waals surface area contributed by atoms with E-state index in [1.54, 1.807) is 11.5 Å². The molecule has 0 saturated carbocycles. The number of alkyl halides is 1. The zero-order valence-corrected chi connectivity index (χ0v) is 12.3. The highest BCUT2D eigenvalue weighted by Gasteiger charge is 2.52. The molecular formula is C13H16ClFN4O. The van der Waals surface area contributed by atoms with E-state index in [1.165, 1.54) is 12.7 Å². The second kappa shape index (κ2) is 4.63. The Kier molecular flexibility index (Phi) is 3.17. The predicted octanol–water partition coefficient (Wildman–Crippen LogP) is 2.94. The molecular weight excluding hydrogens is 283 g/mol. The average molecular weight is 299 g/mol. The summed E-state index contributed by atoms with van der Waals surface area (Å²) in [5.41, 5.74) is -0.176. The van der Waals surface area contributed by atoms with Crippen LogP contribution >= 0.6 is 11.6 Å². The Labute approximate surface area is 121 Å². The zero-order valence-electron chi connectivity index (χ0n) is 11.5.